The molecule has 2 rings (SSSR count). The lowest BCUT2D eigenvalue weighted by Gasteiger charge is -2.26. The molecular formula is C17H24N2O2. The SMILES string of the molecule is CC(C)C(C)n1c(C(C)(C)C)nc2c(C(=O)O)cccc21. The van der Waals surface area contributed by atoms with Gasteiger partial charge in [-0.2, -0.15) is 0 Å². The number of hydrogen-bond donors (Lipinski definition) is 1. The number of nitrogens with zero attached hydrogens (tertiary/aromatic N) is 2. The minimum atomic E-state index is -0.928. The Morgan fingerprint density at radius 3 is 2.33 bits per heavy atom. The topological polar surface area (TPSA) is 55.1 Å². The lowest BCUT2D eigenvalue weighted by molar-refractivity contribution is 0.0699. The number of imidazole rings is 1. The maximum absolute atomic E-state index is 11.4. The number of aromatic nitrogens is 2. The van der Waals surface area contributed by atoms with Crippen molar-refractivity contribution >= 4 is 17.0 Å². The van der Waals surface area contributed by atoms with E-state index in [0.717, 1.165) is 11.3 Å². The van der Waals surface area contributed by atoms with Crippen LogP contribution in [0, 0.1) is 5.92 Å². The lowest BCUT2D eigenvalue weighted by atomic mass is 9.94. The van der Waals surface area contributed by atoms with Gasteiger partial charge in [-0.25, -0.2) is 9.78 Å². The summed E-state index contributed by atoms with van der Waals surface area (Å²) in [7, 11) is 0. The number of carbonyl (C=O) groups is 1. The lowest BCUT2D eigenvalue weighted by Crippen LogP contribution is -2.23. The van der Waals surface area contributed by atoms with Crippen molar-refractivity contribution < 1.29 is 9.90 Å². The highest BCUT2D eigenvalue weighted by Gasteiger charge is 2.28. The van der Waals surface area contributed by atoms with Crippen LogP contribution >= 0.6 is 0 Å². The summed E-state index contributed by atoms with van der Waals surface area (Å²) in [6, 6.07) is 5.63. The Balaban J connectivity index is 2.86. The average Bonchev–Trinajstić information content (AvgIpc) is 2.76. The molecular weight excluding hydrogens is 264 g/mol. The highest BCUT2D eigenvalue weighted by Crippen LogP contribution is 2.33. The van der Waals surface area contributed by atoms with E-state index in [0.29, 0.717) is 11.4 Å². The molecule has 0 saturated carbocycles. The van der Waals surface area contributed by atoms with Gasteiger partial charge in [-0.1, -0.05) is 40.7 Å². The Hall–Kier alpha value is -1.84. The van der Waals surface area contributed by atoms with Crippen LogP contribution in [0.1, 0.15) is 63.8 Å². The van der Waals surface area contributed by atoms with Gasteiger partial charge in [0, 0.05) is 11.5 Å². The largest absolute Gasteiger partial charge is 0.478 e. The smallest absolute Gasteiger partial charge is 0.337 e. The maximum Gasteiger partial charge on any atom is 0.337 e. The zero-order chi connectivity index (χ0) is 15.9. The molecule has 0 aliphatic rings. The number of fused-ring (bicyclic) bond motifs is 1. The number of carboxylic acid groups (broad SMARTS) is 1. The zero-order valence-electron chi connectivity index (χ0n) is 13.6. The van der Waals surface area contributed by atoms with Crippen molar-refractivity contribution in [3.05, 3.63) is 29.6 Å². The monoisotopic (exact) mass is 288 g/mol. The Morgan fingerprint density at radius 1 is 1.24 bits per heavy atom. The van der Waals surface area contributed by atoms with Crippen LogP contribution in [0.25, 0.3) is 11.0 Å². The summed E-state index contributed by atoms with van der Waals surface area (Å²) in [4.78, 5) is 16.1. The third-order valence-corrected chi connectivity index (χ3v) is 3.99. The molecule has 1 aromatic carbocycles. The number of para-hydroxylation sites is 1. The van der Waals surface area contributed by atoms with Crippen LogP contribution < -0.4 is 0 Å². The average molecular weight is 288 g/mol. The zero-order valence-corrected chi connectivity index (χ0v) is 13.6. The minimum Gasteiger partial charge on any atom is -0.478 e. The van der Waals surface area contributed by atoms with Gasteiger partial charge in [-0.05, 0) is 25.0 Å². The van der Waals surface area contributed by atoms with Crippen molar-refractivity contribution in [3.63, 3.8) is 0 Å². The van der Waals surface area contributed by atoms with Gasteiger partial charge in [-0.15, -0.1) is 0 Å². The first-order valence-electron chi connectivity index (χ1n) is 7.39. The number of carboxylic acids is 1. The maximum atomic E-state index is 11.4. The van der Waals surface area contributed by atoms with Crippen LogP contribution in [0.15, 0.2) is 18.2 Å². The molecule has 2 aromatic rings. The Labute approximate surface area is 125 Å². The number of benzene rings is 1. The molecule has 0 aliphatic heterocycles. The number of aromatic carboxylic acids is 1. The third kappa shape index (κ3) is 2.67. The van der Waals surface area contributed by atoms with Crippen LogP contribution in [-0.4, -0.2) is 20.6 Å². The molecule has 0 amide bonds. The van der Waals surface area contributed by atoms with E-state index in [9.17, 15) is 9.90 Å². The van der Waals surface area contributed by atoms with E-state index < -0.39 is 5.97 Å². The van der Waals surface area contributed by atoms with Crippen molar-refractivity contribution in [1.82, 2.24) is 9.55 Å². The Morgan fingerprint density at radius 2 is 1.86 bits per heavy atom. The first kappa shape index (κ1) is 15.5. The highest BCUT2D eigenvalue weighted by atomic mass is 16.4. The predicted molar refractivity (Wildman–Crippen MR) is 84.9 cm³/mol. The molecule has 4 heteroatoms. The fourth-order valence-electron chi connectivity index (χ4n) is 2.53. The predicted octanol–water partition coefficient (Wildman–Crippen LogP) is 4.25. The van der Waals surface area contributed by atoms with E-state index in [1.165, 1.54) is 0 Å². The van der Waals surface area contributed by atoms with E-state index in [-0.39, 0.29) is 17.0 Å². The molecule has 1 aromatic heterocycles. The van der Waals surface area contributed by atoms with Gasteiger partial charge >= 0.3 is 5.97 Å². The second-order valence-corrected chi connectivity index (χ2v) is 7.02. The Bertz CT molecular complexity index is 678. The van der Waals surface area contributed by atoms with Gasteiger partial charge in [0.05, 0.1) is 11.1 Å². The van der Waals surface area contributed by atoms with Gasteiger partial charge in [0.15, 0.2) is 0 Å². The van der Waals surface area contributed by atoms with Crippen molar-refractivity contribution in [3.8, 4) is 0 Å². The molecule has 0 saturated heterocycles. The summed E-state index contributed by atoms with van der Waals surface area (Å²) in [6.07, 6.45) is 0. The van der Waals surface area contributed by atoms with E-state index >= 15 is 0 Å². The number of rotatable bonds is 3. The van der Waals surface area contributed by atoms with Crippen molar-refractivity contribution in [2.45, 2.75) is 53.0 Å². The first-order chi connectivity index (χ1) is 9.64. The second-order valence-electron chi connectivity index (χ2n) is 7.02. The molecule has 114 valence electrons. The number of hydrogen-bond acceptors (Lipinski definition) is 2. The fraction of sp³-hybridized carbons (Fsp3) is 0.529. The van der Waals surface area contributed by atoms with Gasteiger partial charge < -0.3 is 9.67 Å². The van der Waals surface area contributed by atoms with Crippen molar-refractivity contribution in [2.75, 3.05) is 0 Å². The molecule has 1 heterocycles. The van der Waals surface area contributed by atoms with Crippen LogP contribution in [0.3, 0.4) is 0 Å². The molecule has 0 fully saturated rings. The summed E-state index contributed by atoms with van der Waals surface area (Å²) in [5.74, 6) is 0.451. The van der Waals surface area contributed by atoms with E-state index in [1.54, 1.807) is 12.1 Å². The normalized spacial score (nSPS) is 13.9. The fourth-order valence-corrected chi connectivity index (χ4v) is 2.53. The van der Waals surface area contributed by atoms with Gasteiger partial charge in [0.1, 0.15) is 11.3 Å². The highest BCUT2D eigenvalue weighted by molar-refractivity contribution is 6.01. The molecule has 0 radical (unpaired) electrons. The van der Waals surface area contributed by atoms with Crippen LogP contribution in [0.5, 0.6) is 0 Å². The molecule has 1 unspecified atom stereocenters. The third-order valence-electron chi connectivity index (χ3n) is 3.99. The molecule has 0 bridgehead atoms. The van der Waals surface area contributed by atoms with Gasteiger partial charge in [0.2, 0.25) is 0 Å². The molecule has 4 nitrogen and oxygen atoms in total. The first-order valence-corrected chi connectivity index (χ1v) is 7.39. The van der Waals surface area contributed by atoms with E-state index in [2.05, 4.69) is 46.1 Å². The van der Waals surface area contributed by atoms with Crippen LogP contribution in [0.2, 0.25) is 0 Å². The van der Waals surface area contributed by atoms with E-state index in [4.69, 9.17) is 4.98 Å². The molecule has 0 aliphatic carbocycles. The Kier molecular flexibility index (Phi) is 3.83. The molecule has 21 heavy (non-hydrogen) atoms. The van der Waals surface area contributed by atoms with Gasteiger partial charge in [-0.3, -0.25) is 0 Å². The van der Waals surface area contributed by atoms with Crippen LogP contribution in [0.4, 0.5) is 0 Å². The summed E-state index contributed by atoms with van der Waals surface area (Å²) in [5, 5.41) is 9.38. The molecule has 1 N–H and O–H groups in total. The second kappa shape index (κ2) is 5.17. The van der Waals surface area contributed by atoms with Crippen LogP contribution in [-0.2, 0) is 5.41 Å². The minimum absolute atomic E-state index is 0.141. The summed E-state index contributed by atoms with van der Waals surface area (Å²) in [6.45, 7) is 12.8. The summed E-state index contributed by atoms with van der Waals surface area (Å²) < 4.78 is 2.20. The summed E-state index contributed by atoms with van der Waals surface area (Å²) in [5.41, 5.74) is 1.62. The molecule has 0 spiro atoms. The van der Waals surface area contributed by atoms with E-state index in [1.807, 2.05) is 6.07 Å². The quantitative estimate of drug-likeness (QED) is 0.918. The van der Waals surface area contributed by atoms with Crippen molar-refractivity contribution in [1.29, 1.82) is 0 Å². The standard InChI is InChI=1S/C17H24N2O2/c1-10(2)11(3)19-13-9-7-8-12(15(20)21)14(13)18-16(19)17(4,5)6/h7-11H,1-6H3,(H,20,21). The van der Waals surface area contributed by atoms with Crippen molar-refractivity contribution in [2.24, 2.45) is 5.92 Å². The molecule has 1 atom stereocenters. The van der Waals surface area contributed by atoms with Gasteiger partial charge in [0.25, 0.3) is 0 Å². The summed E-state index contributed by atoms with van der Waals surface area (Å²) >= 11 is 0.